The Morgan fingerprint density at radius 1 is 1.27 bits per heavy atom. The standard InChI is InChI=1S/C15H13BrN2O4/c1-10(22-12-6-4-5-11(16)9-12)15(19)17-13-7-2-3-8-14(13)18(20)21/h2-10H,1H3,(H,17,19)/t10-/m0/s1. The number of hydrogen-bond donors (Lipinski definition) is 1. The van der Waals surface area contributed by atoms with E-state index in [0.717, 1.165) is 4.47 Å². The summed E-state index contributed by atoms with van der Waals surface area (Å²) in [6, 6.07) is 13.0. The van der Waals surface area contributed by atoms with Gasteiger partial charge in [0.25, 0.3) is 11.6 Å². The van der Waals surface area contributed by atoms with Gasteiger partial charge in [-0.05, 0) is 31.2 Å². The van der Waals surface area contributed by atoms with E-state index < -0.39 is 16.9 Å². The molecule has 2 rings (SSSR count). The van der Waals surface area contributed by atoms with Crippen LogP contribution in [0.2, 0.25) is 0 Å². The van der Waals surface area contributed by atoms with Gasteiger partial charge in [-0.25, -0.2) is 0 Å². The Morgan fingerprint density at radius 3 is 2.68 bits per heavy atom. The summed E-state index contributed by atoms with van der Waals surface area (Å²) in [6.45, 7) is 1.57. The van der Waals surface area contributed by atoms with Gasteiger partial charge in [-0.2, -0.15) is 0 Å². The number of anilines is 1. The number of benzene rings is 2. The lowest BCUT2D eigenvalue weighted by Crippen LogP contribution is -2.30. The molecule has 6 nitrogen and oxygen atoms in total. The Morgan fingerprint density at radius 2 is 2.00 bits per heavy atom. The van der Waals surface area contributed by atoms with Crippen molar-refractivity contribution in [3.8, 4) is 5.75 Å². The van der Waals surface area contributed by atoms with Crippen molar-refractivity contribution in [2.75, 3.05) is 5.32 Å². The molecule has 0 bridgehead atoms. The van der Waals surface area contributed by atoms with Crippen LogP contribution in [0.4, 0.5) is 11.4 Å². The molecule has 7 heteroatoms. The second kappa shape index (κ2) is 7.04. The number of halogens is 1. The number of carbonyl (C=O) groups excluding carboxylic acids is 1. The number of amides is 1. The molecule has 0 radical (unpaired) electrons. The maximum absolute atomic E-state index is 12.1. The van der Waals surface area contributed by atoms with Gasteiger partial charge in [0, 0.05) is 10.5 Å². The first-order chi connectivity index (χ1) is 10.5. The molecule has 1 N–H and O–H groups in total. The monoisotopic (exact) mass is 364 g/mol. The molecular formula is C15H13BrN2O4. The summed E-state index contributed by atoms with van der Waals surface area (Å²) in [6.07, 6.45) is -0.797. The van der Waals surface area contributed by atoms with E-state index in [1.165, 1.54) is 18.2 Å². The summed E-state index contributed by atoms with van der Waals surface area (Å²) in [5.74, 6) is 0.0638. The van der Waals surface area contributed by atoms with Crippen molar-refractivity contribution in [3.05, 3.63) is 63.1 Å². The SMILES string of the molecule is C[C@H](Oc1cccc(Br)c1)C(=O)Nc1ccccc1[N+](=O)[O-]. The van der Waals surface area contributed by atoms with Crippen LogP contribution >= 0.6 is 15.9 Å². The molecule has 1 atom stereocenters. The summed E-state index contributed by atoms with van der Waals surface area (Å²) in [5, 5.41) is 13.4. The van der Waals surface area contributed by atoms with E-state index in [0.29, 0.717) is 5.75 Å². The number of nitrogens with one attached hydrogen (secondary N) is 1. The molecule has 22 heavy (non-hydrogen) atoms. The quantitative estimate of drug-likeness (QED) is 0.646. The van der Waals surface area contributed by atoms with Crippen LogP contribution in [0.3, 0.4) is 0 Å². The minimum Gasteiger partial charge on any atom is -0.481 e. The Balaban J connectivity index is 2.07. The van der Waals surface area contributed by atoms with Crippen LogP contribution in [-0.4, -0.2) is 16.9 Å². The van der Waals surface area contributed by atoms with Gasteiger partial charge in [-0.15, -0.1) is 0 Å². The van der Waals surface area contributed by atoms with Crippen molar-refractivity contribution in [2.24, 2.45) is 0 Å². The minimum atomic E-state index is -0.797. The Labute approximate surface area is 135 Å². The average Bonchev–Trinajstić information content (AvgIpc) is 2.47. The van der Waals surface area contributed by atoms with E-state index in [4.69, 9.17) is 4.74 Å². The van der Waals surface area contributed by atoms with Crippen molar-refractivity contribution >= 4 is 33.2 Å². The largest absolute Gasteiger partial charge is 0.481 e. The minimum absolute atomic E-state index is 0.141. The van der Waals surface area contributed by atoms with Gasteiger partial charge in [-0.1, -0.05) is 34.1 Å². The Bertz CT molecular complexity index is 705. The fourth-order valence-electron chi connectivity index (χ4n) is 1.77. The van der Waals surface area contributed by atoms with Crippen LogP contribution in [0, 0.1) is 10.1 Å². The highest BCUT2D eigenvalue weighted by atomic mass is 79.9. The van der Waals surface area contributed by atoms with Crippen molar-refractivity contribution in [1.29, 1.82) is 0 Å². The van der Waals surface area contributed by atoms with Crippen LogP contribution in [0.15, 0.2) is 53.0 Å². The fraction of sp³-hybridized carbons (Fsp3) is 0.133. The number of hydrogen-bond acceptors (Lipinski definition) is 4. The number of carbonyl (C=O) groups is 1. The second-order valence-electron chi connectivity index (χ2n) is 4.48. The third-order valence-electron chi connectivity index (χ3n) is 2.84. The van der Waals surface area contributed by atoms with E-state index >= 15 is 0 Å². The van der Waals surface area contributed by atoms with E-state index in [1.807, 2.05) is 6.07 Å². The first-order valence-electron chi connectivity index (χ1n) is 6.44. The molecule has 0 saturated carbocycles. The Hall–Kier alpha value is -2.41. The topological polar surface area (TPSA) is 81.5 Å². The summed E-state index contributed by atoms with van der Waals surface area (Å²) in [5.41, 5.74) is -0.0207. The normalized spacial score (nSPS) is 11.5. The molecule has 0 unspecified atom stereocenters. The van der Waals surface area contributed by atoms with E-state index in [2.05, 4.69) is 21.2 Å². The molecule has 1 amide bonds. The smallest absolute Gasteiger partial charge is 0.292 e. The van der Waals surface area contributed by atoms with Crippen LogP contribution in [0.1, 0.15) is 6.92 Å². The summed E-state index contributed by atoms with van der Waals surface area (Å²) < 4.78 is 6.35. The third kappa shape index (κ3) is 4.05. The first-order valence-corrected chi connectivity index (χ1v) is 7.23. The highest BCUT2D eigenvalue weighted by Crippen LogP contribution is 2.24. The van der Waals surface area contributed by atoms with Gasteiger partial charge < -0.3 is 10.1 Å². The molecule has 0 aromatic heterocycles. The molecule has 0 aliphatic heterocycles. The van der Waals surface area contributed by atoms with Crippen molar-refractivity contribution in [3.63, 3.8) is 0 Å². The van der Waals surface area contributed by atoms with Crippen LogP contribution in [-0.2, 0) is 4.79 Å². The van der Waals surface area contributed by atoms with E-state index in [9.17, 15) is 14.9 Å². The van der Waals surface area contributed by atoms with Crippen LogP contribution in [0.5, 0.6) is 5.75 Å². The highest BCUT2D eigenvalue weighted by molar-refractivity contribution is 9.10. The number of nitro groups is 1. The predicted octanol–water partition coefficient (Wildman–Crippen LogP) is 3.76. The molecule has 0 aliphatic carbocycles. The summed E-state index contributed by atoms with van der Waals surface area (Å²) in [7, 11) is 0. The molecule has 114 valence electrons. The summed E-state index contributed by atoms with van der Waals surface area (Å²) in [4.78, 5) is 22.5. The molecule has 0 fully saturated rings. The maximum Gasteiger partial charge on any atom is 0.292 e. The predicted molar refractivity (Wildman–Crippen MR) is 86.0 cm³/mol. The van der Waals surface area contributed by atoms with Gasteiger partial charge in [0.05, 0.1) is 4.92 Å². The van der Waals surface area contributed by atoms with Crippen molar-refractivity contribution in [1.82, 2.24) is 0 Å². The molecular weight excluding hydrogens is 352 g/mol. The molecule has 2 aromatic carbocycles. The van der Waals surface area contributed by atoms with E-state index in [1.54, 1.807) is 31.2 Å². The lowest BCUT2D eigenvalue weighted by Gasteiger charge is -2.15. The van der Waals surface area contributed by atoms with Crippen LogP contribution < -0.4 is 10.1 Å². The van der Waals surface area contributed by atoms with Gasteiger partial charge in [0.1, 0.15) is 11.4 Å². The number of ether oxygens (including phenoxy) is 1. The molecule has 0 aliphatic rings. The van der Waals surface area contributed by atoms with Gasteiger partial charge >= 0.3 is 0 Å². The van der Waals surface area contributed by atoms with Crippen LogP contribution in [0.25, 0.3) is 0 Å². The fourth-order valence-corrected chi connectivity index (χ4v) is 2.15. The molecule has 2 aromatic rings. The van der Waals surface area contributed by atoms with Gasteiger partial charge in [-0.3, -0.25) is 14.9 Å². The number of nitrogens with zero attached hydrogens (tertiary/aromatic N) is 1. The number of rotatable bonds is 5. The summed E-state index contributed by atoms with van der Waals surface area (Å²) >= 11 is 3.31. The zero-order valence-electron chi connectivity index (χ0n) is 11.7. The number of para-hydroxylation sites is 2. The van der Waals surface area contributed by atoms with E-state index in [-0.39, 0.29) is 11.4 Å². The Kier molecular flexibility index (Phi) is 5.11. The van der Waals surface area contributed by atoms with Crippen molar-refractivity contribution < 1.29 is 14.5 Å². The number of nitro benzene ring substituents is 1. The highest BCUT2D eigenvalue weighted by Gasteiger charge is 2.19. The lowest BCUT2D eigenvalue weighted by atomic mass is 10.2. The molecule has 0 spiro atoms. The third-order valence-corrected chi connectivity index (χ3v) is 3.33. The zero-order valence-corrected chi connectivity index (χ0v) is 13.2. The average molecular weight is 365 g/mol. The zero-order chi connectivity index (χ0) is 16.1. The lowest BCUT2D eigenvalue weighted by molar-refractivity contribution is -0.383. The first kappa shape index (κ1) is 16.0. The maximum atomic E-state index is 12.1. The van der Waals surface area contributed by atoms with Gasteiger partial charge in [0.2, 0.25) is 0 Å². The van der Waals surface area contributed by atoms with Gasteiger partial charge in [0.15, 0.2) is 6.10 Å². The second-order valence-corrected chi connectivity index (χ2v) is 5.40. The molecule has 0 heterocycles. The molecule has 0 saturated heterocycles. The van der Waals surface area contributed by atoms with Crippen molar-refractivity contribution in [2.45, 2.75) is 13.0 Å².